The average molecular weight is 721 g/mol. The third kappa shape index (κ3) is 16.0. The molecule has 1 aliphatic rings. The van der Waals surface area contributed by atoms with Gasteiger partial charge in [0, 0.05) is 24.0 Å². The van der Waals surface area contributed by atoms with Crippen molar-refractivity contribution in [1.29, 1.82) is 0 Å². The van der Waals surface area contributed by atoms with Crippen molar-refractivity contribution in [2.75, 3.05) is 19.6 Å². The van der Waals surface area contributed by atoms with Crippen LogP contribution in [0.4, 0.5) is 0 Å². The molecule has 0 bridgehead atoms. The molecular weight excluding hydrogens is 664 g/mol. The van der Waals surface area contributed by atoms with Gasteiger partial charge in [0.25, 0.3) is 0 Å². The number of hydrogen-bond acceptors (Lipinski definition) is 9. The number of carboxylic acid groups (broad SMARTS) is 1. The SMILES string of the molecule is CC(C)C[C@H](NC(=O)[C@H](Cc1ccc(Cl)cc1)NC(=O)[C@@H]1C/C=C/C[C@H](N)C(=O)N[C@@H](CCCCN)C(=O)N[C@@H](CCCCN)CN1)C(=O)O. The molecule has 4 amide bonds. The smallest absolute Gasteiger partial charge is 0.326 e. The van der Waals surface area contributed by atoms with Crippen LogP contribution in [0.3, 0.4) is 0 Å². The molecule has 6 atom stereocenters. The van der Waals surface area contributed by atoms with Gasteiger partial charge in [-0.2, -0.15) is 0 Å². The average Bonchev–Trinajstić information content (AvgIpc) is 3.06. The van der Waals surface area contributed by atoms with Gasteiger partial charge < -0.3 is 48.9 Å². The van der Waals surface area contributed by atoms with Crippen molar-refractivity contribution >= 4 is 41.2 Å². The number of unbranched alkanes of at least 4 members (excludes halogenated alkanes) is 2. The lowest BCUT2D eigenvalue weighted by Crippen LogP contribution is -2.58. The van der Waals surface area contributed by atoms with Crippen molar-refractivity contribution in [3.8, 4) is 0 Å². The summed E-state index contributed by atoms with van der Waals surface area (Å²) in [5.41, 5.74) is 18.2. The summed E-state index contributed by atoms with van der Waals surface area (Å²) in [6, 6.07) is 1.59. The number of aliphatic carboxylic acids is 1. The third-order valence-electron chi connectivity index (χ3n) is 8.43. The summed E-state index contributed by atoms with van der Waals surface area (Å²) in [6.07, 6.45) is 7.85. The molecule has 0 radical (unpaired) electrons. The van der Waals surface area contributed by atoms with Crippen molar-refractivity contribution in [1.82, 2.24) is 26.6 Å². The van der Waals surface area contributed by atoms with Crippen LogP contribution in [-0.4, -0.2) is 90.6 Å². The van der Waals surface area contributed by atoms with Crippen LogP contribution in [0.2, 0.25) is 5.02 Å². The molecule has 0 saturated heterocycles. The molecule has 50 heavy (non-hydrogen) atoms. The quantitative estimate of drug-likeness (QED) is 0.0811. The minimum atomic E-state index is -1.17. The number of halogens is 1. The van der Waals surface area contributed by atoms with Gasteiger partial charge in [0.1, 0.15) is 18.1 Å². The fourth-order valence-electron chi connectivity index (χ4n) is 5.56. The van der Waals surface area contributed by atoms with E-state index in [2.05, 4.69) is 26.6 Å². The highest BCUT2D eigenvalue weighted by molar-refractivity contribution is 6.30. The first-order valence-corrected chi connectivity index (χ1v) is 17.9. The lowest BCUT2D eigenvalue weighted by Gasteiger charge is -2.28. The maximum Gasteiger partial charge on any atom is 0.326 e. The van der Waals surface area contributed by atoms with Gasteiger partial charge in [-0.25, -0.2) is 4.79 Å². The van der Waals surface area contributed by atoms with Crippen LogP contribution < -0.4 is 43.8 Å². The van der Waals surface area contributed by atoms with Crippen LogP contribution in [0.25, 0.3) is 0 Å². The van der Waals surface area contributed by atoms with Crippen LogP contribution in [0, 0.1) is 5.92 Å². The van der Waals surface area contributed by atoms with E-state index in [-0.39, 0.29) is 44.1 Å². The predicted octanol–water partition coefficient (Wildman–Crippen LogP) is 0.846. The van der Waals surface area contributed by atoms with Crippen molar-refractivity contribution in [3.05, 3.63) is 47.0 Å². The lowest BCUT2D eigenvalue weighted by molar-refractivity contribution is -0.142. The van der Waals surface area contributed by atoms with E-state index in [0.29, 0.717) is 49.4 Å². The molecule has 0 fully saturated rings. The number of carboxylic acids is 1. The van der Waals surface area contributed by atoms with Gasteiger partial charge in [-0.15, -0.1) is 0 Å². The Hall–Kier alpha value is -3.56. The number of amides is 4. The molecule has 1 aliphatic heterocycles. The zero-order valence-corrected chi connectivity index (χ0v) is 30.1. The van der Waals surface area contributed by atoms with E-state index < -0.39 is 59.9 Å². The molecule has 0 aromatic heterocycles. The van der Waals surface area contributed by atoms with E-state index in [4.69, 9.17) is 28.8 Å². The molecule has 0 saturated carbocycles. The first kappa shape index (κ1) is 42.6. The Bertz CT molecular complexity index is 1260. The van der Waals surface area contributed by atoms with Crippen LogP contribution in [0.5, 0.6) is 0 Å². The molecule has 280 valence electrons. The summed E-state index contributed by atoms with van der Waals surface area (Å²) in [5, 5.41) is 24.8. The minimum Gasteiger partial charge on any atom is -0.480 e. The maximum absolute atomic E-state index is 13.9. The summed E-state index contributed by atoms with van der Waals surface area (Å²) in [4.78, 5) is 65.8. The van der Waals surface area contributed by atoms with E-state index >= 15 is 0 Å². The van der Waals surface area contributed by atoms with Gasteiger partial charge in [0.15, 0.2) is 0 Å². The second-order valence-corrected chi connectivity index (χ2v) is 13.7. The molecule has 1 aromatic rings. The summed E-state index contributed by atoms with van der Waals surface area (Å²) in [5.74, 6) is -3.12. The van der Waals surface area contributed by atoms with Gasteiger partial charge in [0.2, 0.25) is 23.6 Å². The van der Waals surface area contributed by atoms with E-state index in [1.807, 2.05) is 13.8 Å². The molecule has 2 rings (SSSR count). The summed E-state index contributed by atoms with van der Waals surface area (Å²) in [6.45, 7) is 4.87. The molecule has 0 spiro atoms. The standard InChI is InChI=1S/C35H57ClN8O6/c1-22(2)19-30(35(49)50)44-34(48)29(20-23-13-15-24(36)16-14-23)43-32(46)27-11-4-3-10-26(39)31(45)42-28(12-6-8-18-38)33(47)41-25(21-40-27)9-5-7-17-37/h3-4,13-16,22,25-30,40H,5-12,17-21,37-39H2,1-2H3,(H,41,47)(H,42,45)(H,43,46)(H,44,48)(H,49,50)/b4-3+/t25-,26-,27-,28-,29-,30-/m0/s1. The summed E-state index contributed by atoms with van der Waals surface area (Å²) < 4.78 is 0. The topological polar surface area (TPSA) is 244 Å². The minimum absolute atomic E-state index is 0.000106. The molecule has 14 nitrogen and oxygen atoms in total. The third-order valence-corrected chi connectivity index (χ3v) is 8.69. The normalized spacial score (nSPS) is 22.4. The largest absolute Gasteiger partial charge is 0.480 e. The molecule has 1 heterocycles. The highest BCUT2D eigenvalue weighted by Gasteiger charge is 2.31. The number of nitrogens with one attached hydrogen (secondary N) is 5. The van der Waals surface area contributed by atoms with Gasteiger partial charge in [-0.3, -0.25) is 19.2 Å². The van der Waals surface area contributed by atoms with Gasteiger partial charge in [-0.05, 0) is 88.1 Å². The fraction of sp³-hybridized carbons (Fsp3) is 0.629. The lowest BCUT2D eigenvalue weighted by atomic mass is 10.0. The van der Waals surface area contributed by atoms with Crippen molar-refractivity contribution in [3.63, 3.8) is 0 Å². The van der Waals surface area contributed by atoms with Crippen LogP contribution in [-0.2, 0) is 30.4 Å². The molecule has 0 unspecified atom stereocenters. The predicted molar refractivity (Wildman–Crippen MR) is 194 cm³/mol. The van der Waals surface area contributed by atoms with Crippen molar-refractivity contribution in [2.45, 2.75) is 114 Å². The Balaban J connectivity index is 2.37. The van der Waals surface area contributed by atoms with Gasteiger partial charge in [-0.1, -0.05) is 56.2 Å². The van der Waals surface area contributed by atoms with E-state index in [1.54, 1.807) is 36.4 Å². The number of hydrogen-bond donors (Lipinski definition) is 9. The van der Waals surface area contributed by atoms with Gasteiger partial charge in [0.05, 0.1) is 12.1 Å². The highest BCUT2D eigenvalue weighted by Crippen LogP contribution is 2.13. The molecule has 15 heteroatoms. The molecule has 12 N–H and O–H groups in total. The van der Waals surface area contributed by atoms with Crippen LogP contribution >= 0.6 is 11.6 Å². The van der Waals surface area contributed by atoms with Gasteiger partial charge >= 0.3 is 5.97 Å². The van der Waals surface area contributed by atoms with Crippen LogP contribution in [0.15, 0.2) is 36.4 Å². The van der Waals surface area contributed by atoms with Crippen LogP contribution in [0.1, 0.15) is 77.2 Å². The second kappa shape index (κ2) is 23.0. The first-order valence-electron chi connectivity index (χ1n) is 17.6. The van der Waals surface area contributed by atoms with Crippen molar-refractivity contribution < 1.29 is 29.1 Å². The Morgan fingerprint density at radius 2 is 1.54 bits per heavy atom. The first-order chi connectivity index (χ1) is 23.8. The monoisotopic (exact) mass is 720 g/mol. The Morgan fingerprint density at radius 3 is 2.16 bits per heavy atom. The number of benzene rings is 1. The Kier molecular flexibility index (Phi) is 19.6. The van der Waals surface area contributed by atoms with E-state index in [1.165, 1.54) is 0 Å². The Morgan fingerprint density at radius 1 is 0.900 bits per heavy atom. The number of nitrogens with two attached hydrogens (primary N) is 3. The maximum atomic E-state index is 13.9. The zero-order chi connectivity index (χ0) is 37.1. The highest BCUT2D eigenvalue weighted by atomic mass is 35.5. The fourth-order valence-corrected chi connectivity index (χ4v) is 5.68. The molecular formula is C35H57ClN8O6. The van der Waals surface area contributed by atoms with Crippen molar-refractivity contribution in [2.24, 2.45) is 23.1 Å². The summed E-state index contributed by atoms with van der Waals surface area (Å²) in [7, 11) is 0. The zero-order valence-electron chi connectivity index (χ0n) is 29.3. The molecule has 1 aromatic carbocycles. The van der Waals surface area contributed by atoms with E-state index in [0.717, 1.165) is 12.8 Å². The summed E-state index contributed by atoms with van der Waals surface area (Å²) >= 11 is 6.06. The number of rotatable bonds is 17. The molecule has 0 aliphatic carbocycles. The number of carbonyl (C=O) groups excluding carboxylic acids is 4. The Labute approximate surface area is 300 Å². The second-order valence-electron chi connectivity index (χ2n) is 13.3. The van der Waals surface area contributed by atoms with E-state index in [9.17, 15) is 29.1 Å². The number of carbonyl (C=O) groups is 5.